The molecule has 0 amide bonds. The Kier molecular flexibility index (Phi) is 5.65. The molecule has 0 atom stereocenters. The van der Waals surface area contributed by atoms with Crippen molar-refractivity contribution in [3.8, 4) is 22.9 Å². The minimum atomic E-state index is 0.108. The number of methoxy groups -OCH3 is 3. The summed E-state index contributed by atoms with van der Waals surface area (Å²) in [7, 11) is 4.75. The summed E-state index contributed by atoms with van der Waals surface area (Å²) in [6, 6.07) is 14.2. The van der Waals surface area contributed by atoms with Crippen LogP contribution in [0, 0.1) is 0 Å². The molecule has 2 aromatic carbocycles. The first-order valence-electron chi connectivity index (χ1n) is 10.4. The van der Waals surface area contributed by atoms with Gasteiger partial charge in [0.25, 0.3) is 0 Å². The second-order valence-electron chi connectivity index (χ2n) is 8.49. The molecule has 0 aliphatic rings. The standard InChI is InChI=1S/C25H28N4O3/c1-25(2,3)17-7-9-19(10-8-17)29-12-11-16-15-26-24(28-23(16)29)27-18-13-20(30-4)22(32-6)21(14-18)31-5/h7-15H,1-6H3,(H,26,27,28). The minimum absolute atomic E-state index is 0.108. The van der Waals surface area contributed by atoms with Crippen molar-refractivity contribution in [1.82, 2.24) is 14.5 Å². The van der Waals surface area contributed by atoms with Crippen LogP contribution in [0.2, 0.25) is 0 Å². The van der Waals surface area contributed by atoms with E-state index in [1.807, 2.05) is 30.6 Å². The highest BCUT2D eigenvalue weighted by molar-refractivity contribution is 5.79. The van der Waals surface area contributed by atoms with E-state index in [-0.39, 0.29) is 5.41 Å². The van der Waals surface area contributed by atoms with Crippen LogP contribution >= 0.6 is 0 Å². The molecule has 0 radical (unpaired) electrons. The van der Waals surface area contributed by atoms with E-state index in [9.17, 15) is 0 Å². The van der Waals surface area contributed by atoms with Gasteiger partial charge < -0.3 is 24.1 Å². The van der Waals surface area contributed by atoms with Gasteiger partial charge in [-0.3, -0.25) is 0 Å². The van der Waals surface area contributed by atoms with Gasteiger partial charge in [-0.1, -0.05) is 32.9 Å². The van der Waals surface area contributed by atoms with E-state index in [1.54, 1.807) is 21.3 Å². The van der Waals surface area contributed by atoms with Crippen LogP contribution in [0.15, 0.2) is 54.9 Å². The van der Waals surface area contributed by atoms with Crippen LogP contribution in [0.4, 0.5) is 11.6 Å². The molecule has 32 heavy (non-hydrogen) atoms. The summed E-state index contributed by atoms with van der Waals surface area (Å²) >= 11 is 0. The predicted molar refractivity (Wildman–Crippen MR) is 127 cm³/mol. The Morgan fingerprint density at radius 1 is 0.875 bits per heavy atom. The van der Waals surface area contributed by atoms with Gasteiger partial charge >= 0.3 is 0 Å². The molecule has 7 nitrogen and oxygen atoms in total. The van der Waals surface area contributed by atoms with Gasteiger partial charge in [-0.2, -0.15) is 4.98 Å². The molecule has 7 heteroatoms. The third kappa shape index (κ3) is 4.06. The molecule has 0 aliphatic heterocycles. The highest BCUT2D eigenvalue weighted by Gasteiger charge is 2.16. The molecule has 4 aromatic rings. The summed E-state index contributed by atoms with van der Waals surface area (Å²) in [5.74, 6) is 2.11. The Balaban J connectivity index is 1.69. The normalized spacial score (nSPS) is 11.4. The van der Waals surface area contributed by atoms with Gasteiger partial charge in [0.05, 0.1) is 21.3 Å². The number of hydrogen-bond donors (Lipinski definition) is 1. The zero-order valence-electron chi connectivity index (χ0n) is 19.3. The zero-order chi connectivity index (χ0) is 22.9. The quantitative estimate of drug-likeness (QED) is 0.435. The monoisotopic (exact) mass is 432 g/mol. The average molecular weight is 433 g/mol. The Hall–Kier alpha value is -3.74. The van der Waals surface area contributed by atoms with Gasteiger partial charge in [-0.25, -0.2) is 4.98 Å². The Morgan fingerprint density at radius 3 is 2.09 bits per heavy atom. The van der Waals surface area contributed by atoms with Crippen LogP contribution in [-0.2, 0) is 5.41 Å². The van der Waals surface area contributed by atoms with E-state index in [0.29, 0.717) is 23.2 Å². The summed E-state index contributed by atoms with van der Waals surface area (Å²) < 4.78 is 18.3. The average Bonchev–Trinajstić information content (AvgIpc) is 3.21. The third-order valence-corrected chi connectivity index (χ3v) is 5.36. The largest absolute Gasteiger partial charge is 0.493 e. The van der Waals surface area contributed by atoms with Gasteiger partial charge in [0.15, 0.2) is 11.5 Å². The maximum Gasteiger partial charge on any atom is 0.229 e. The van der Waals surface area contributed by atoms with Crippen molar-refractivity contribution in [3.63, 3.8) is 0 Å². The van der Waals surface area contributed by atoms with Crippen LogP contribution < -0.4 is 19.5 Å². The summed E-state index contributed by atoms with van der Waals surface area (Å²) in [5, 5.41) is 4.20. The topological polar surface area (TPSA) is 70.4 Å². The van der Waals surface area contributed by atoms with E-state index in [0.717, 1.165) is 22.4 Å². The molecule has 0 saturated heterocycles. The summed E-state index contributed by atoms with van der Waals surface area (Å²) in [5.41, 5.74) is 3.99. The number of benzene rings is 2. The van der Waals surface area contributed by atoms with Gasteiger partial charge in [0.2, 0.25) is 11.7 Å². The Labute approximate surface area is 188 Å². The van der Waals surface area contributed by atoms with E-state index in [2.05, 4.69) is 59.9 Å². The second kappa shape index (κ2) is 8.42. The van der Waals surface area contributed by atoms with E-state index < -0.39 is 0 Å². The fourth-order valence-corrected chi connectivity index (χ4v) is 3.59. The fourth-order valence-electron chi connectivity index (χ4n) is 3.59. The second-order valence-corrected chi connectivity index (χ2v) is 8.49. The van der Waals surface area contributed by atoms with Crippen LogP contribution in [0.25, 0.3) is 16.7 Å². The smallest absolute Gasteiger partial charge is 0.229 e. The molecule has 0 saturated carbocycles. The summed E-state index contributed by atoms with van der Waals surface area (Å²) in [6.45, 7) is 6.63. The van der Waals surface area contributed by atoms with Crippen molar-refractivity contribution in [2.45, 2.75) is 26.2 Å². The number of nitrogens with one attached hydrogen (secondary N) is 1. The molecule has 4 rings (SSSR count). The van der Waals surface area contributed by atoms with Gasteiger partial charge in [0.1, 0.15) is 5.65 Å². The molecule has 166 valence electrons. The van der Waals surface area contributed by atoms with Crippen LogP contribution in [-0.4, -0.2) is 35.9 Å². The zero-order valence-corrected chi connectivity index (χ0v) is 19.3. The number of fused-ring (bicyclic) bond motifs is 1. The summed E-state index contributed by atoms with van der Waals surface area (Å²) in [6.07, 6.45) is 3.82. The molecular weight excluding hydrogens is 404 g/mol. The lowest BCUT2D eigenvalue weighted by molar-refractivity contribution is 0.324. The molecule has 1 N–H and O–H groups in total. The predicted octanol–water partition coefficient (Wildman–Crippen LogP) is 5.49. The van der Waals surface area contributed by atoms with Crippen molar-refractivity contribution in [3.05, 3.63) is 60.4 Å². The number of aromatic nitrogens is 3. The molecule has 0 unspecified atom stereocenters. The Morgan fingerprint density at radius 2 is 1.53 bits per heavy atom. The van der Waals surface area contributed by atoms with E-state index in [1.165, 1.54) is 5.56 Å². The van der Waals surface area contributed by atoms with Crippen LogP contribution in [0.1, 0.15) is 26.3 Å². The lowest BCUT2D eigenvalue weighted by Crippen LogP contribution is -2.10. The first-order chi connectivity index (χ1) is 15.3. The van der Waals surface area contributed by atoms with Crippen LogP contribution in [0.5, 0.6) is 17.2 Å². The first kappa shape index (κ1) is 21.5. The fraction of sp³-hybridized carbons (Fsp3) is 0.280. The number of ether oxygens (including phenoxy) is 3. The number of nitrogens with zero attached hydrogens (tertiary/aromatic N) is 3. The molecule has 0 fully saturated rings. The Bertz CT molecular complexity index is 1220. The maximum atomic E-state index is 5.44. The lowest BCUT2D eigenvalue weighted by atomic mass is 9.87. The van der Waals surface area contributed by atoms with Crippen molar-refractivity contribution in [2.24, 2.45) is 0 Å². The molecule has 2 aromatic heterocycles. The third-order valence-electron chi connectivity index (χ3n) is 5.36. The summed E-state index contributed by atoms with van der Waals surface area (Å²) in [4.78, 5) is 9.22. The molecule has 0 spiro atoms. The van der Waals surface area contributed by atoms with Crippen molar-refractivity contribution in [1.29, 1.82) is 0 Å². The van der Waals surface area contributed by atoms with Crippen molar-refractivity contribution < 1.29 is 14.2 Å². The molecule has 2 heterocycles. The highest BCUT2D eigenvalue weighted by Crippen LogP contribution is 2.40. The van der Waals surface area contributed by atoms with Crippen molar-refractivity contribution in [2.75, 3.05) is 26.6 Å². The molecule has 0 bridgehead atoms. The molecular formula is C25H28N4O3. The molecule has 0 aliphatic carbocycles. The van der Waals surface area contributed by atoms with E-state index >= 15 is 0 Å². The first-order valence-corrected chi connectivity index (χ1v) is 10.4. The lowest BCUT2D eigenvalue weighted by Gasteiger charge is -2.19. The van der Waals surface area contributed by atoms with Crippen LogP contribution in [0.3, 0.4) is 0 Å². The van der Waals surface area contributed by atoms with Gasteiger partial charge in [-0.15, -0.1) is 0 Å². The number of hydrogen-bond acceptors (Lipinski definition) is 6. The van der Waals surface area contributed by atoms with E-state index in [4.69, 9.17) is 19.2 Å². The van der Waals surface area contributed by atoms with Crippen molar-refractivity contribution >= 4 is 22.7 Å². The number of rotatable bonds is 6. The number of anilines is 2. The SMILES string of the molecule is COc1cc(Nc2ncc3ccn(-c4ccc(C(C)(C)C)cc4)c3n2)cc(OC)c1OC. The minimum Gasteiger partial charge on any atom is -0.493 e. The maximum absolute atomic E-state index is 5.44. The van der Waals surface area contributed by atoms with Gasteiger partial charge in [0, 0.05) is 41.3 Å². The highest BCUT2D eigenvalue weighted by atomic mass is 16.5. The van der Waals surface area contributed by atoms with Gasteiger partial charge in [-0.05, 0) is 29.2 Å².